The van der Waals surface area contributed by atoms with Gasteiger partial charge in [-0.05, 0) is 11.6 Å². The van der Waals surface area contributed by atoms with Crippen molar-refractivity contribution in [3.63, 3.8) is 0 Å². The Labute approximate surface area is 66.4 Å². The molecule has 3 nitrogen and oxygen atoms in total. The number of hydrogen-bond donors (Lipinski definition) is 0. The molecule has 0 amide bonds. The summed E-state index contributed by atoms with van der Waals surface area (Å²) in [7, 11) is 0. The summed E-state index contributed by atoms with van der Waals surface area (Å²) in [5, 5.41) is 3.44. The SMILES string of the molecule is [N-]=[N+]=Nc1ccccc1Br. The van der Waals surface area contributed by atoms with E-state index in [2.05, 4.69) is 26.0 Å². The molecule has 10 heavy (non-hydrogen) atoms. The lowest BCUT2D eigenvalue weighted by Crippen LogP contribution is -1.63. The van der Waals surface area contributed by atoms with Gasteiger partial charge in [-0.1, -0.05) is 39.2 Å². The lowest BCUT2D eigenvalue weighted by atomic mass is 10.3. The molecule has 4 heteroatoms. The molecule has 0 spiro atoms. The molecule has 0 unspecified atom stereocenters. The molecule has 0 bridgehead atoms. The first-order valence-corrected chi connectivity index (χ1v) is 3.43. The molecule has 0 radical (unpaired) electrons. The highest BCUT2D eigenvalue weighted by molar-refractivity contribution is 9.10. The van der Waals surface area contributed by atoms with Gasteiger partial charge in [0.05, 0.1) is 5.69 Å². The maximum atomic E-state index is 8.08. The first-order chi connectivity index (χ1) is 4.84. The summed E-state index contributed by atoms with van der Waals surface area (Å²) in [6.07, 6.45) is 0. The van der Waals surface area contributed by atoms with Gasteiger partial charge >= 0.3 is 0 Å². The van der Waals surface area contributed by atoms with E-state index in [0.717, 1.165) is 4.47 Å². The minimum absolute atomic E-state index is 0.616. The van der Waals surface area contributed by atoms with Crippen molar-refractivity contribution in [2.75, 3.05) is 0 Å². The highest BCUT2D eigenvalue weighted by atomic mass is 79.9. The van der Waals surface area contributed by atoms with E-state index in [1.165, 1.54) is 0 Å². The van der Waals surface area contributed by atoms with E-state index in [1.54, 1.807) is 6.07 Å². The fraction of sp³-hybridized carbons (Fsp3) is 0. The van der Waals surface area contributed by atoms with Crippen molar-refractivity contribution < 1.29 is 0 Å². The van der Waals surface area contributed by atoms with Crippen molar-refractivity contribution in [2.45, 2.75) is 0 Å². The Kier molecular flexibility index (Phi) is 2.31. The van der Waals surface area contributed by atoms with Crippen LogP contribution < -0.4 is 0 Å². The Hall–Kier alpha value is -0.990. The van der Waals surface area contributed by atoms with E-state index in [-0.39, 0.29) is 0 Å². The Bertz CT molecular complexity index is 278. The number of azide groups is 1. The lowest BCUT2D eigenvalue weighted by molar-refractivity contribution is 1.45. The van der Waals surface area contributed by atoms with Gasteiger partial charge in [0.1, 0.15) is 0 Å². The zero-order chi connectivity index (χ0) is 7.40. The van der Waals surface area contributed by atoms with Crippen LogP contribution in [0.2, 0.25) is 0 Å². The van der Waals surface area contributed by atoms with Crippen LogP contribution in [0.4, 0.5) is 5.69 Å². The largest absolute Gasteiger partial charge is 0.0617 e. The first-order valence-electron chi connectivity index (χ1n) is 2.64. The van der Waals surface area contributed by atoms with Gasteiger partial charge in [-0.15, -0.1) is 0 Å². The van der Waals surface area contributed by atoms with Crippen molar-refractivity contribution in [3.8, 4) is 0 Å². The summed E-state index contributed by atoms with van der Waals surface area (Å²) < 4.78 is 0.813. The molecule has 0 aromatic heterocycles. The summed E-state index contributed by atoms with van der Waals surface area (Å²) in [6.45, 7) is 0. The normalized spacial score (nSPS) is 8.50. The second-order valence-corrected chi connectivity index (χ2v) is 2.50. The third-order valence-electron chi connectivity index (χ3n) is 1.00. The molecule has 0 aliphatic rings. The standard InChI is InChI=1S/C6H4BrN3/c7-5-3-1-2-4-6(5)9-10-8/h1-4H. The van der Waals surface area contributed by atoms with Crippen LogP contribution >= 0.6 is 15.9 Å². The van der Waals surface area contributed by atoms with Crippen molar-refractivity contribution >= 4 is 21.6 Å². The summed E-state index contributed by atoms with van der Waals surface area (Å²) in [6, 6.07) is 7.24. The van der Waals surface area contributed by atoms with E-state index < -0.39 is 0 Å². The molecule has 0 aliphatic carbocycles. The van der Waals surface area contributed by atoms with Crippen LogP contribution in [0.5, 0.6) is 0 Å². The third kappa shape index (κ3) is 1.50. The third-order valence-corrected chi connectivity index (χ3v) is 1.68. The van der Waals surface area contributed by atoms with Gasteiger partial charge in [0.15, 0.2) is 0 Å². The Morgan fingerprint density at radius 2 is 2.10 bits per heavy atom. The van der Waals surface area contributed by atoms with Crippen LogP contribution in [0, 0.1) is 0 Å². The number of rotatable bonds is 1. The lowest BCUT2D eigenvalue weighted by Gasteiger charge is -1.91. The molecular formula is C6H4BrN3. The van der Waals surface area contributed by atoms with Crippen LogP contribution in [0.1, 0.15) is 0 Å². The average molecular weight is 198 g/mol. The van der Waals surface area contributed by atoms with Gasteiger partial charge in [0, 0.05) is 9.38 Å². The van der Waals surface area contributed by atoms with Crippen LogP contribution in [-0.2, 0) is 0 Å². The zero-order valence-corrected chi connectivity index (χ0v) is 6.62. The first kappa shape index (κ1) is 7.12. The predicted molar refractivity (Wildman–Crippen MR) is 42.9 cm³/mol. The molecule has 0 saturated carbocycles. The van der Waals surface area contributed by atoms with Gasteiger partial charge < -0.3 is 0 Å². The van der Waals surface area contributed by atoms with Crippen LogP contribution in [0.25, 0.3) is 10.4 Å². The van der Waals surface area contributed by atoms with Crippen molar-refractivity contribution in [1.29, 1.82) is 0 Å². The molecule has 1 aromatic rings. The number of halogens is 1. The minimum atomic E-state index is 0.616. The summed E-state index contributed by atoms with van der Waals surface area (Å²) in [4.78, 5) is 2.66. The molecular weight excluding hydrogens is 194 g/mol. The second-order valence-electron chi connectivity index (χ2n) is 1.64. The maximum absolute atomic E-state index is 8.08. The van der Waals surface area contributed by atoms with E-state index in [9.17, 15) is 0 Å². The van der Waals surface area contributed by atoms with Crippen LogP contribution in [-0.4, -0.2) is 0 Å². The summed E-state index contributed by atoms with van der Waals surface area (Å²) >= 11 is 3.23. The van der Waals surface area contributed by atoms with Gasteiger partial charge in [-0.2, -0.15) is 0 Å². The molecule has 50 valence electrons. The number of nitrogens with zero attached hydrogens (tertiary/aromatic N) is 3. The van der Waals surface area contributed by atoms with Crippen molar-refractivity contribution in [1.82, 2.24) is 0 Å². The highest BCUT2D eigenvalue weighted by Gasteiger charge is 1.91. The zero-order valence-electron chi connectivity index (χ0n) is 5.03. The molecule has 0 atom stereocenters. The predicted octanol–water partition coefficient (Wildman–Crippen LogP) is 3.39. The molecule has 0 fully saturated rings. The van der Waals surface area contributed by atoms with Crippen LogP contribution in [0.15, 0.2) is 33.9 Å². The van der Waals surface area contributed by atoms with E-state index in [0.29, 0.717) is 5.69 Å². The maximum Gasteiger partial charge on any atom is 0.0517 e. The Morgan fingerprint density at radius 1 is 1.40 bits per heavy atom. The minimum Gasteiger partial charge on any atom is -0.0617 e. The van der Waals surface area contributed by atoms with Crippen molar-refractivity contribution in [2.24, 2.45) is 5.11 Å². The molecule has 0 aliphatic heterocycles. The number of hydrogen-bond acceptors (Lipinski definition) is 1. The quantitative estimate of drug-likeness (QED) is 0.377. The smallest absolute Gasteiger partial charge is 0.0517 e. The fourth-order valence-corrected chi connectivity index (χ4v) is 0.945. The van der Waals surface area contributed by atoms with E-state index in [1.807, 2.05) is 18.2 Å². The van der Waals surface area contributed by atoms with Gasteiger partial charge in [-0.3, -0.25) is 0 Å². The van der Waals surface area contributed by atoms with Gasteiger partial charge in [-0.25, -0.2) is 0 Å². The Balaban J connectivity index is 3.14. The second kappa shape index (κ2) is 3.25. The molecule has 0 heterocycles. The molecule has 0 saturated heterocycles. The molecule has 0 N–H and O–H groups in total. The van der Waals surface area contributed by atoms with Crippen LogP contribution in [0.3, 0.4) is 0 Å². The summed E-state index contributed by atoms with van der Waals surface area (Å²) in [5.41, 5.74) is 8.70. The molecule has 1 aromatic carbocycles. The fourth-order valence-electron chi connectivity index (χ4n) is 0.581. The van der Waals surface area contributed by atoms with Gasteiger partial charge in [0.25, 0.3) is 0 Å². The topological polar surface area (TPSA) is 48.8 Å². The number of benzene rings is 1. The highest BCUT2D eigenvalue weighted by Crippen LogP contribution is 2.23. The van der Waals surface area contributed by atoms with E-state index >= 15 is 0 Å². The molecule has 1 rings (SSSR count). The van der Waals surface area contributed by atoms with E-state index in [4.69, 9.17) is 5.53 Å². The monoisotopic (exact) mass is 197 g/mol. The van der Waals surface area contributed by atoms with Crippen molar-refractivity contribution in [3.05, 3.63) is 39.2 Å². The summed E-state index contributed by atoms with van der Waals surface area (Å²) in [5.74, 6) is 0. The van der Waals surface area contributed by atoms with Gasteiger partial charge in [0.2, 0.25) is 0 Å². The Morgan fingerprint density at radius 3 is 2.70 bits per heavy atom. The average Bonchev–Trinajstić information content (AvgIpc) is 1.94.